The molecule has 3 fully saturated rings. The largest absolute Gasteiger partial charge is 0.484 e. The lowest BCUT2D eigenvalue weighted by molar-refractivity contribution is -0.134. The van der Waals surface area contributed by atoms with Crippen molar-refractivity contribution in [3.8, 4) is 5.75 Å². The van der Waals surface area contributed by atoms with E-state index in [0.29, 0.717) is 24.3 Å². The molecule has 0 aromatic heterocycles. The fraction of sp³-hybridized carbons (Fsp3) is 0.636. The van der Waals surface area contributed by atoms with Crippen LogP contribution in [0.5, 0.6) is 5.75 Å². The number of fused-ring (bicyclic) bond motifs is 1. The van der Waals surface area contributed by atoms with E-state index in [9.17, 15) is 9.59 Å². The van der Waals surface area contributed by atoms with E-state index in [1.54, 1.807) is 0 Å². The third-order valence-corrected chi connectivity index (χ3v) is 6.43. The highest BCUT2D eigenvalue weighted by Crippen LogP contribution is 2.43. The third-order valence-electron chi connectivity index (χ3n) is 6.43. The zero-order valence-corrected chi connectivity index (χ0v) is 16.5. The van der Waals surface area contributed by atoms with Crippen molar-refractivity contribution in [1.29, 1.82) is 0 Å². The number of carbonyl (C=O) groups excluding carboxylic acids is 2. The summed E-state index contributed by atoms with van der Waals surface area (Å²) in [7, 11) is 0. The first kappa shape index (κ1) is 19.2. The molecule has 0 spiro atoms. The van der Waals surface area contributed by atoms with Crippen molar-refractivity contribution in [2.75, 3.05) is 26.2 Å². The van der Waals surface area contributed by atoms with E-state index in [1.165, 1.54) is 12.8 Å². The molecule has 2 amide bonds. The lowest BCUT2D eigenvalue weighted by atomic mass is 9.67. The molecule has 0 unspecified atom stereocenters. The van der Waals surface area contributed by atoms with Crippen molar-refractivity contribution in [2.45, 2.75) is 51.0 Å². The average Bonchev–Trinajstić information content (AvgIpc) is 3.41. The summed E-state index contributed by atoms with van der Waals surface area (Å²) >= 11 is 0. The summed E-state index contributed by atoms with van der Waals surface area (Å²) in [6, 6.07) is 8.13. The lowest BCUT2D eigenvalue weighted by Crippen LogP contribution is -2.48. The molecule has 1 heterocycles. The molecule has 6 nitrogen and oxygen atoms in total. The Hall–Kier alpha value is -2.08. The normalized spacial score (nSPS) is 26.4. The van der Waals surface area contributed by atoms with E-state index >= 15 is 0 Å². The zero-order chi connectivity index (χ0) is 19.4. The minimum Gasteiger partial charge on any atom is -0.484 e. The Morgan fingerprint density at radius 2 is 1.96 bits per heavy atom. The second kappa shape index (κ2) is 8.52. The first-order valence-corrected chi connectivity index (χ1v) is 10.7. The second-order valence-corrected chi connectivity index (χ2v) is 8.51. The number of amides is 2. The number of hydrogen-bond acceptors (Lipinski definition) is 4. The molecule has 3 N–H and O–H groups in total. The van der Waals surface area contributed by atoms with Gasteiger partial charge in [-0.15, -0.1) is 0 Å². The Bertz CT molecular complexity index is 701. The molecule has 6 heteroatoms. The van der Waals surface area contributed by atoms with Crippen LogP contribution >= 0.6 is 0 Å². The summed E-state index contributed by atoms with van der Waals surface area (Å²) in [6.45, 7) is 2.51. The monoisotopic (exact) mass is 385 g/mol. The summed E-state index contributed by atoms with van der Waals surface area (Å²) in [5.74, 6) is 1.36. The molecule has 28 heavy (non-hydrogen) atoms. The third kappa shape index (κ3) is 4.49. The molecule has 1 aromatic rings. The Morgan fingerprint density at radius 1 is 1.14 bits per heavy atom. The van der Waals surface area contributed by atoms with Gasteiger partial charge in [0.25, 0.3) is 5.91 Å². The number of benzene rings is 1. The summed E-state index contributed by atoms with van der Waals surface area (Å²) in [5.41, 5.74) is 0.967. The van der Waals surface area contributed by atoms with Crippen LogP contribution in [0, 0.1) is 11.3 Å². The highest BCUT2D eigenvalue weighted by Gasteiger charge is 2.49. The molecule has 3 aliphatic rings. The average molecular weight is 386 g/mol. The Morgan fingerprint density at radius 3 is 2.75 bits per heavy atom. The van der Waals surface area contributed by atoms with E-state index in [-0.39, 0.29) is 23.8 Å². The maximum atomic E-state index is 12.9. The van der Waals surface area contributed by atoms with Gasteiger partial charge in [0, 0.05) is 19.1 Å². The molecule has 0 radical (unpaired) electrons. The predicted molar refractivity (Wildman–Crippen MR) is 107 cm³/mol. The van der Waals surface area contributed by atoms with Gasteiger partial charge in [-0.1, -0.05) is 25.0 Å². The van der Waals surface area contributed by atoms with Gasteiger partial charge in [-0.2, -0.15) is 0 Å². The van der Waals surface area contributed by atoms with E-state index in [4.69, 9.17) is 4.74 Å². The fourth-order valence-corrected chi connectivity index (χ4v) is 4.59. The lowest BCUT2D eigenvalue weighted by Gasteiger charge is -2.37. The molecule has 2 atom stereocenters. The van der Waals surface area contributed by atoms with Gasteiger partial charge < -0.3 is 20.7 Å². The standard InChI is InChI=1S/C22H31N3O3/c26-20(25-18-6-7-18)14-28-19-8-4-16(5-9-19)10-12-24-21(27)22-11-2-1-3-17(22)13-23-15-22/h4-5,8-9,17-18,23H,1-3,6-7,10-15H2,(H,24,27)(H,25,26)/t17-,22+/m0/s1. The van der Waals surface area contributed by atoms with Gasteiger partial charge in [0.1, 0.15) is 5.75 Å². The molecule has 2 aliphatic carbocycles. The summed E-state index contributed by atoms with van der Waals surface area (Å²) in [6.07, 6.45) is 7.54. The van der Waals surface area contributed by atoms with Gasteiger partial charge in [0.05, 0.1) is 5.41 Å². The molecule has 1 aliphatic heterocycles. The van der Waals surface area contributed by atoms with Crippen LogP contribution in [0.4, 0.5) is 0 Å². The highest BCUT2D eigenvalue weighted by molar-refractivity contribution is 5.84. The van der Waals surface area contributed by atoms with Crippen molar-refractivity contribution in [3.63, 3.8) is 0 Å². The van der Waals surface area contributed by atoms with Crippen molar-refractivity contribution in [2.24, 2.45) is 11.3 Å². The van der Waals surface area contributed by atoms with Crippen molar-refractivity contribution in [1.82, 2.24) is 16.0 Å². The van der Waals surface area contributed by atoms with Crippen LogP contribution in [-0.2, 0) is 16.0 Å². The maximum Gasteiger partial charge on any atom is 0.258 e. The molecule has 4 rings (SSSR count). The first-order chi connectivity index (χ1) is 13.7. The maximum absolute atomic E-state index is 12.9. The molecule has 1 saturated heterocycles. The Balaban J connectivity index is 1.20. The van der Waals surface area contributed by atoms with Gasteiger partial charge >= 0.3 is 0 Å². The molecule has 2 saturated carbocycles. The number of carbonyl (C=O) groups is 2. The van der Waals surface area contributed by atoms with Crippen LogP contribution in [0.3, 0.4) is 0 Å². The van der Waals surface area contributed by atoms with Crippen LogP contribution in [0.1, 0.15) is 44.1 Å². The van der Waals surface area contributed by atoms with Crippen molar-refractivity contribution in [3.05, 3.63) is 29.8 Å². The Labute approximate surface area is 166 Å². The minimum atomic E-state index is -0.184. The first-order valence-electron chi connectivity index (χ1n) is 10.7. The molecule has 1 aromatic carbocycles. The van der Waals surface area contributed by atoms with E-state index in [1.807, 2.05) is 24.3 Å². The van der Waals surface area contributed by atoms with Crippen LogP contribution in [0.25, 0.3) is 0 Å². The SMILES string of the molecule is O=C(COc1ccc(CCNC(=O)[C@@]23CCCC[C@H]2CNC3)cc1)NC1CC1. The second-order valence-electron chi connectivity index (χ2n) is 8.51. The zero-order valence-electron chi connectivity index (χ0n) is 16.5. The highest BCUT2D eigenvalue weighted by atomic mass is 16.5. The molecular weight excluding hydrogens is 354 g/mol. The quantitative estimate of drug-likeness (QED) is 0.637. The minimum absolute atomic E-state index is 0.0587. The summed E-state index contributed by atoms with van der Waals surface area (Å²) in [4.78, 5) is 24.5. The predicted octanol–water partition coefficient (Wildman–Crippen LogP) is 1.78. The number of ether oxygens (including phenoxy) is 1. The van der Waals surface area contributed by atoms with Gasteiger partial charge in [-0.3, -0.25) is 9.59 Å². The van der Waals surface area contributed by atoms with Crippen LogP contribution in [0.2, 0.25) is 0 Å². The number of hydrogen-bond donors (Lipinski definition) is 3. The van der Waals surface area contributed by atoms with Crippen LogP contribution in [-0.4, -0.2) is 44.1 Å². The van der Waals surface area contributed by atoms with Gasteiger partial charge in [-0.25, -0.2) is 0 Å². The van der Waals surface area contributed by atoms with E-state index < -0.39 is 0 Å². The van der Waals surface area contributed by atoms with E-state index in [0.717, 1.165) is 50.8 Å². The molecular formula is C22H31N3O3. The van der Waals surface area contributed by atoms with Gasteiger partial charge in [0.15, 0.2) is 6.61 Å². The topological polar surface area (TPSA) is 79.5 Å². The van der Waals surface area contributed by atoms with Gasteiger partial charge in [-0.05, 0) is 62.3 Å². The smallest absolute Gasteiger partial charge is 0.258 e. The summed E-state index contributed by atoms with van der Waals surface area (Å²) < 4.78 is 5.53. The Kier molecular flexibility index (Phi) is 5.85. The fourth-order valence-electron chi connectivity index (χ4n) is 4.59. The summed E-state index contributed by atoms with van der Waals surface area (Å²) in [5, 5.41) is 9.52. The van der Waals surface area contributed by atoms with Gasteiger partial charge in [0.2, 0.25) is 5.91 Å². The van der Waals surface area contributed by atoms with Crippen LogP contribution < -0.4 is 20.7 Å². The van der Waals surface area contributed by atoms with Crippen LogP contribution in [0.15, 0.2) is 24.3 Å². The van der Waals surface area contributed by atoms with Crippen molar-refractivity contribution < 1.29 is 14.3 Å². The van der Waals surface area contributed by atoms with E-state index in [2.05, 4.69) is 16.0 Å². The molecule has 0 bridgehead atoms. The van der Waals surface area contributed by atoms with Crippen molar-refractivity contribution >= 4 is 11.8 Å². The number of nitrogens with one attached hydrogen (secondary N) is 3. The number of rotatable bonds is 8. The molecule has 152 valence electrons.